The topological polar surface area (TPSA) is 90.2 Å². The quantitative estimate of drug-likeness (QED) is 0.833. The summed E-state index contributed by atoms with van der Waals surface area (Å²) < 4.78 is 1.50. The predicted molar refractivity (Wildman–Crippen MR) is 98.4 cm³/mol. The van der Waals surface area contributed by atoms with Crippen molar-refractivity contribution >= 4 is 5.82 Å². The highest BCUT2D eigenvalue weighted by atomic mass is 16.1. The fraction of sp³-hybridized carbons (Fsp3) is 0.474. The van der Waals surface area contributed by atoms with Crippen LogP contribution in [-0.4, -0.2) is 33.1 Å². The maximum absolute atomic E-state index is 11.9. The van der Waals surface area contributed by atoms with Gasteiger partial charge < -0.3 is 11.5 Å². The first kappa shape index (κ1) is 16.3. The van der Waals surface area contributed by atoms with Crippen LogP contribution in [0.5, 0.6) is 0 Å². The molecule has 3 fully saturated rings. The molecule has 25 heavy (non-hydrogen) atoms. The molecule has 4 N–H and O–H groups in total. The van der Waals surface area contributed by atoms with Gasteiger partial charge in [0.25, 0.3) is 0 Å². The average Bonchev–Trinajstić information content (AvgIpc) is 2.53. The Morgan fingerprint density at radius 2 is 1.88 bits per heavy atom. The smallest absolute Gasteiger partial charge is 0.354 e. The van der Waals surface area contributed by atoms with Crippen molar-refractivity contribution in [2.45, 2.75) is 38.3 Å². The van der Waals surface area contributed by atoms with Crippen molar-refractivity contribution in [3.63, 3.8) is 0 Å². The summed E-state index contributed by atoms with van der Waals surface area (Å²) >= 11 is 0. The Morgan fingerprint density at radius 3 is 2.44 bits per heavy atom. The Bertz CT molecular complexity index is 822. The maximum atomic E-state index is 11.9. The van der Waals surface area contributed by atoms with Crippen LogP contribution in [0, 0.1) is 5.41 Å². The molecule has 0 spiro atoms. The van der Waals surface area contributed by atoms with E-state index in [-0.39, 0.29) is 11.5 Å². The Labute approximate surface area is 147 Å². The van der Waals surface area contributed by atoms with Crippen molar-refractivity contribution in [2.75, 3.05) is 18.8 Å². The predicted octanol–water partition coefficient (Wildman–Crippen LogP) is 1.52. The van der Waals surface area contributed by atoms with Gasteiger partial charge in [0.15, 0.2) is 0 Å². The average molecular weight is 339 g/mol. The molecular formula is C19H25N5O. The van der Waals surface area contributed by atoms with Gasteiger partial charge >= 0.3 is 5.69 Å². The molecule has 2 aromatic rings. The molecule has 6 nitrogen and oxygen atoms in total. The largest absolute Gasteiger partial charge is 0.383 e. The highest BCUT2D eigenvalue weighted by molar-refractivity contribution is 5.36. The van der Waals surface area contributed by atoms with Gasteiger partial charge in [-0.15, -0.1) is 0 Å². The van der Waals surface area contributed by atoms with Crippen LogP contribution >= 0.6 is 0 Å². The summed E-state index contributed by atoms with van der Waals surface area (Å²) in [5.41, 5.74) is 14.0. The Morgan fingerprint density at radius 1 is 1.20 bits per heavy atom. The van der Waals surface area contributed by atoms with Crippen LogP contribution in [0.4, 0.5) is 5.82 Å². The van der Waals surface area contributed by atoms with E-state index >= 15 is 0 Å². The molecule has 6 heteroatoms. The molecule has 1 aromatic heterocycles. The van der Waals surface area contributed by atoms with E-state index in [4.69, 9.17) is 11.5 Å². The molecule has 0 amide bonds. The Balaban J connectivity index is 1.48. The van der Waals surface area contributed by atoms with Crippen LogP contribution in [0.2, 0.25) is 0 Å². The summed E-state index contributed by atoms with van der Waals surface area (Å²) in [7, 11) is 0. The third kappa shape index (κ3) is 2.56. The fourth-order valence-electron chi connectivity index (χ4n) is 4.70. The van der Waals surface area contributed by atoms with Gasteiger partial charge in [-0.25, -0.2) is 4.79 Å². The number of nitrogens with zero attached hydrogens (tertiary/aromatic N) is 3. The normalized spacial score (nSPS) is 27.0. The van der Waals surface area contributed by atoms with Crippen LogP contribution in [0.3, 0.4) is 0 Å². The maximum Gasteiger partial charge on any atom is 0.354 e. The molecule has 0 aliphatic heterocycles. The van der Waals surface area contributed by atoms with E-state index in [1.807, 2.05) is 12.1 Å². The SMILES string of the molecule is CCN(Cc1ccc(-n2ccc(N)nc2=O)cc1)C12CC(CN)(C1)C2. The minimum Gasteiger partial charge on any atom is -0.383 e. The lowest BCUT2D eigenvalue weighted by atomic mass is 9.39. The summed E-state index contributed by atoms with van der Waals surface area (Å²) in [6, 6.07) is 9.73. The van der Waals surface area contributed by atoms with Gasteiger partial charge in [0.05, 0.1) is 5.69 Å². The molecule has 3 saturated carbocycles. The summed E-state index contributed by atoms with van der Waals surface area (Å²) in [6.45, 7) is 5.03. The molecule has 1 heterocycles. The Kier molecular flexibility index (Phi) is 3.70. The first-order chi connectivity index (χ1) is 12.0. The summed E-state index contributed by atoms with van der Waals surface area (Å²) in [4.78, 5) is 18.3. The van der Waals surface area contributed by atoms with Crippen LogP contribution < -0.4 is 17.2 Å². The lowest BCUT2D eigenvalue weighted by Crippen LogP contribution is -2.76. The van der Waals surface area contributed by atoms with Crippen molar-refractivity contribution in [3.05, 3.63) is 52.6 Å². The van der Waals surface area contributed by atoms with Crippen LogP contribution in [0.1, 0.15) is 31.7 Å². The number of benzene rings is 1. The van der Waals surface area contributed by atoms with E-state index < -0.39 is 0 Å². The molecule has 0 unspecified atom stereocenters. The highest BCUT2D eigenvalue weighted by Crippen LogP contribution is 2.69. The molecule has 1 aromatic carbocycles. The third-order valence-corrected chi connectivity index (χ3v) is 6.01. The number of rotatable bonds is 6. The molecular weight excluding hydrogens is 314 g/mol. The number of nitrogens with two attached hydrogens (primary N) is 2. The van der Waals surface area contributed by atoms with E-state index in [1.54, 1.807) is 12.3 Å². The Hall–Kier alpha value is -2.18. The van der Waals surface area contributed by atoms with Crippen molar-refractivity contribution < 1.29 is 0 Å². The number of aromatic nitrogens is 2. The van der Waals surface area contributed by atoms with Crippen LogP contribution in [0.25, 0.3) is 5.69 Å². The standard InChI is InChI=1S/C19H25N5O/c1-2-23(19-10-18(11-19,12-19)13-20)9-14-3-5-15(6-4-14)24-8-7-16(21)22-17(24)25/h3-8H,2,9-13,20H2,1H3,(H2,21,22,25). The molecule has 3 aliphatic carbocycles. The first-order valence-electron chi connectivity index (χ1n) is 8.89. The third-order valence-electron chi connectivity index (χ3n) is 6.01. The molecule has 0 radical (unpaired) electrons. The van der Waals surface area contributed by atoms with Crippen molar-refractivity contribution in [1.29, 1.82) is 0 Å². The molecule has 0 atom stereocenters. The zero-order valence-corrected chi connectivity index (χ0v) is 14.6. The summed E-state index contributed by atoms with van der Waals surface area (Å²) in [5, 5.41) is 0. The lowest BCUT2D eigenvalue weighted by molar-refractivity contribution is -0.216. The number of hydrogen-bond donors (Lipinski definition) is 2. The van der Waals surface area contributed by atoms with Crippen molar-refractivity contribution in [1.82, 2.24) is 14.5 Å². The zero-order chi connectivity index (χ0) is 17.7. The van der Waals surface area contributed by atoms with Crippen molar-refractivity contribution in [2.24, 2.45) is 11.1 Å². The second-order valence-corrected chi connectivity index (χ2v) is 7.64. The minimum atomic E-state index is -0.358. The first-order valence-corrected chi connectivity index (χ1v) is 8.89. The minimum absolute atomic E-state index is 0.241. The molecule has 132 valence electrons. The van der Waals surface area contributed by atoms with Crippen LogP contribution in [-0.2, 0) is 6.54 Å². The summed E-state index contributed by atoms with van der Waals surface area (Å²) in [6.07, 6.45) is 5.39. The zero-order valence-electron chi connectivity index (χ0n) is 14.6. The van der Waals surface area contributed by atoms with E-state index in [2.05, 4.69) is 28.9 Å². The number of nitrogen functional groups attached to an aromatic ring is 1. The van der Waals surface area contributed by atoms with Gasteiger partial charge in [0.1, 0.15) is 5.82 Å². The highest BCUT2D eigenvalue weighted by Gasteiger charge is 2.68. The van der Waals surface area contributed by atoms with Gasteiger partial charge in [-0.3, -0.25) is 9.47 Å². The molecule has 3 aliphatic rings. The number of anilines is 1. The monoisotopic (exact) mass is 339 g/mol. The van der Waals surface area contributed by atoms with E-state index in [0.29, 0.717) is 11.0 Å². The van der Waals surface area contributed by atoms with Crippen molar-refractivity contribution in [3.8, 4) is 5.69 Å². The molecule has 5 rings (SSSR count). The van der Waals surface area contributed by atoms with Gasteiger partial charge in [-0.1, -0.05) is 19.1 Å². The van der Waals surface area contributed by atoms with E-state index in [0.717, 1.165) is 25.3 Å². The molecule has 0 saturated heterocycles. The van der Waals surface area contributed by atoms with Crippen LogP contribution in [0.15, 0.2) is 41.3 Å². The second kappa shape index (κ2) is 5.68. The summed E-state index contributed by atoms with van der Waals surface area (Å²) in [5.74, 6) is 0.241. The van der Waals surface area contributed by atoms with E-state index in [1.165, 1.54) is 29.4 Å². The lowest BCUT2D eigenvalue weighted by Gasteiger charge is -2.74. The van der Waals surface area contributed by atoms with Gasteiger partial charge in [0.2, 0.25) is 0 Å². The fourth-order valence-corrected chi connectivity index (χ4v) is 4.70. The number of hydrogen-bond acceptors (Lipinski definition) is 5. The van der Waals surface area contributed by atoms with Gasteiger partial charge in [0, 0.05) is 18.3 Å². The van der Waals surface area contributed by atoms with Gasteiger partial charge in [-0.05, 0) is 61.5 Å². The second-order valence-electron chi connectivity index (χ2n) is 7.64. The molecule has 2 bridgehead atoms. The van der Waals surface area contributed by atoms with Gasteiger partial charge in [-0.2, -0.15) is 4.98 Å². The van der Waals surface area contributed by atoms with E-state index in [9.17, 15) is 4.79 Å².